The standard InChI is InChI=1S/C26H34N2O2/c1-2-3-4-5-6-7-8-12-22-30-25-19-17-24(18-20-25)26(29)28-27-21-13-16-23-14-10-9-11-15-23/h9-11,13-21H,2-8,12,22H2,1H3,(H,28,29)/b16-13+,27-21-. The lowest BCUT2D eigenvalue weighted by Crippen LogP contribution is -2.17. The molecule has 30 heavy (non-hydrogen) atoms. The first kappa shape index (κ1) is 23.4. The maximum atomic E-state index is 12.1. The number of nitrogens with one attached hydrogen (secondary N) is 1. The van der Waals surface area contributed by atoms with Crippen molar-refractivity contribution in [3.8, 4) is 5.75 Å². The first-order chi connectivity index (χ1) is 14.8. The SMILES string of the molecule is CCCCCCCCCCOc1ccc(C(=O)N/N=C\C=C\c2ccccc2)cc1. The molecule has 2 rings (SSSR count). The van der Waals surface area contributed by atoms with Crippen LogP contribution in [0.5, 0.6) is 5.75 Å². The molecule has 0 heterocycles. The Balaban J connectivity index is 1.60. The third kappa shape index (κ3) is 10.1. The molecule has 2 aromatic rings. The van der Waals surface area contributed by atoms with Crippen LogP contribution in [-0.2, 0) is 0 Å². The molecule has 1 amide bonds. The summed E-state index contributed by atoms with van der Waals surface area (Å²) < 4.78 is 5.77. The largest absolute Gasteiger partial charge is 0.494 e. The number of ether oxygens (including phenoxy) is 1. The topological polar surface area (TPSA) is 50.7 Å². The highest BCUT2D eigenvalue weighted by Gasteiger charge is 2.04. The van der Waals surface area contributed by atoms with Crippen molar-refractivity contribution in [3.63, 3.8) is 0 Å². The Hall–Kier alpha value is -2.88. The third-order valence-electron chi connectivity index (χ3n) is 4.80. The molecule has 4 heteroatoms. The van der Waals surface area contributed by atoms with Crippen molar-refractivity contribution in [3.05, 3.63) is 71.8 Å². The molecule has 0 aromatic heterocycles. The minimum absolute atomic E-state index is 0.242. The van der Waals surface area contributed by atoms with Gasteiger partial charge in [-0.1, -0.05) is 88.3 Å². The molecule has 0 aliphatic heterocycles. The van der Waals surface area contributed by atoms with Crippen molar-refractivity contribution in [2.24, 2.45) is 5.10 Å². The average Bonchev–Trinajstić information content (AvgIpc) is 2.79. The van der Waals surface area contributed by atoms with Crippen molar-refractivity contribution in [2.45, 2.75) is 58.3 Å². The fourth-order valence-corrected chi connectivity index (χ4v) is 3.05. The molecule has 0 atom stereocenters. The molecule has 0 radical (unpaired) electrons. The monoisotopic (exact) mass is 406 g/mol. The van der Waals surface area contributed by atoms with Crippen molar-refractivity contribution in [2.75, 3.05) is 6.61 Å². The summed E-state index contributed by atoms with van der Waals surface area (Å²) in [6.07, 6.45) is 15.5. The summed E-state index contributed by atoms with van der Waals surface area (Å²) in [5.41, 5.74) is 4.16. The van der Waals surface area contributed by atoms with Gasteiger partial charge in [0, 0.05) is 11.8 Å². The highest BCUT2D eigenvalue weighted by molar-refractivity contribution is 5.94. The fraction of sp³-hybridized carbons (Fsp3) is 0.385. The Morgan fingerprint density at radius 1 is 0.900 bits per heavy atom. The first-order valence-corrected chi connectivity index (χ1v) is 11.1. The molecule has 2 aromatic carbocycles. The molecule has 0 bridgehead atoms. The fourth-order valence-electron chi connectivity index (χ4n) is 3.05. The van der Waals surface area contributed by atoms with E-state index in [1.54, 1.807) is 24.4 Å². The van der Waals surface area contributed by atoms with Gasteiger partial charge in [0.2, 0.25) is 0 Å². The molecular formula is C26H34N2O2. The van der Waals surface area contributed by atoms with E-state index in [1.807, 2.05) is 48.5 Å². The van der Waals surface area contributed by atoms with Gasteiger partial charge < -0.3 is 4.74 Å². The number of nitrogens with zero attached hydrogens (tertiary/aromatic N) is 1. The van der Waals surface area contributed by atoms with Crippen LogP contribution in [0.15, 0.2) is 65.8 Å². The van der Waals surface area contributed by atoms with E-state index in [4.69, 9.17) is 4.74 Å². The Labute approximate surface area is 181 Å². The van der Waals surface area contributed by atoms with Crippen LogP contribution in [-0.4, -0.2) is 18.7 Å². The summed E-state index contributed by atoms with van der Waals surface area (Å²) in [6.45, 7) is 2.97. The second-order valence-corrected chi connectivity index (χ2v) is 7.34. The summed E-state index contributed by atoms with van der Waals surface area (Å²) in [4.78, 5) is 12.1. The molecule has 0 unspecified atom stereocenters. The third-order valence-corrected chi connectivity index (χ3v) is 4.80. The average molecular weight is 407 g/mol. The van der Waals surface area contributed by atoms with Gasteiger partial charge in [-0.25, -0.2) is 5.43 Å². The van der Waals surface area contributed by atoms with E-state index in [-0.39, 0.29) is 5.91 Å². The smallest absolute Gasteiger partial charge is 0.271 e. The minimum Gasteiger partial charge on any atom is -0.494 e. The normalized spacial score (nSPS) is 11.2. The Kier molecular flexibility index (Phi) is 11.7. The highest BCUT2D eigenvalue weighted by atomic mass is 16.5. The van der Waals surface area contributed by atoms with E-state index in [2.05, 4.69) is 17.5 Å². The number of hydrazone groups is 1. The van der Waals surface area contributed by atoms with Crippen molar-refractivity contribution in [1.82, 2.24) is 5.43 Å². The summed E-state index contributed by atoms with van der Waals surface area (Å²) in [6, 6.07) is 17.1. The molecule has 0 saturated heterocycles. The van der Waals surface area contributed by atoms with Crippen molar-refractivity contribution in [1.29, 1.82) is 0 Å². The van der Waals surface area contributed by atoms with Crippen LogP contribution in [0.4, 0.5) is 0 Å². The van der Waals surface area contributed by atoms with Gasteiger partial charge in [-0.15, -0.1) is 0 Å². The van der Waals surface area contributed by atoms with Gasteiger partial charge >= 0.3 is 0 Å². The number of rotatable bonds is 14. The molecular weight excluding hydrogens is 372 g/mol. The lowest BCUT2D eigenvalue weighted by molar-refractivity contribution is 0.0955. The second-order valence-electron chi connectivity index (χ2n) is 7.34. The van der Waals surface area contributed by atoms with E-state index < -0.39 is 0 Å². The molecule has 0 saturated carbocycles. The highest BCUT2D eigenvalue weighted by Crippen LogP contribution is 2.14. The van der Waals surface area contributed by atoms with E-state index in [0.29, 0.717) is 5.56 Å². The van der Waals surface area contributed by atoms with Crippen LogP contribution < -0.4 is 10.2 Å². The molecule has 4 nitrogen and oxygen atoms in total. The molecule has 0 aliphatic carbocycles. The zero-order valence-electron chi connectivity index (χ0n) is 18.1. The lowest BCUT2D eigenvalue weighted by atomic mass is 10.1. The van der Waals surface area contributed by atoms with E-state index in [0.717, 1.165) is 24.3 Å². The number of benzene rings is 2. The summed E-state index contributed by atoms with van der Waals surface area (Å²) >= 11 is 0. The molecule has 0 spiro atoms. The maximum Gasteiger partial charge on any atom is 0.271 e. The van der Waals surface area contributed by atoms with Crippen LogP contribution in [0.2, 0.25) is 0 Å². The molecule has 1 N–H and O–H groups in total. The van der Waals surface area contributed by atoms with Crippen LogP contribution >= 0.6 is 0 Å². The van der Waals surface area contributed by atoms with Gasteiger partial charge in [-0.05, 0) is 42.3 Å². The van der Waals surface area contributed by atoms with Gasteiger partial charge in [-0.2, -0.15) is 5.10 Å². The van der Waals surface area contributed by atoms with Gasteiger partial charge in [0.1, 0.15) is 5.75 Å². The Bertz CT molecular complexity index is 767. The quantitative estimate of drug-likeness (QED) is 0.217. The number of amides is 1. The summed E-state index contributed by atoms with van der Waals surface area (Å²) in [7, 11) is 0. The lowest BCUT2D eigenvalue weighted by Gasteiger charge is -2.07. The molecule has 0 fully saturated rings. The zero-order chi connectivity index (χ0) is 21.3. The number of allylic oxidation sites excluding steroid dienone is 1. The maximum absolute atomic E-state index is 12.1. The number of hydrogen-bond acceptors (Lipinski definition) is 3. The van der Waals surface area contributed by atoms with Crippen LogP contribution in [0.3, 0.4) is 0 Å². The Morgan fingerprint density at radius 2 is 1.57 bits per heavy atom. The zero-order valence-corrected chi connectivity index (χ0v) is 18.1. The minimum atomic E-state index is -0.242. The molecule has 0 aliphatic rings. The first-order valence-electron chi connectivity index (χ1n) is 11.1. The Morgan fingerprint density at radius 3 is 2.27 bits per heavy atom. The van der Waals surface area contributed by atoms with E-state index in [1.165, 1.54) is 44.9 Å². The predicted octanol–water partition coefficient (Wildman–Crippen LogP) is 6.64. The predicted molar refractivity (Wildman–Crippen MR) is 126 cm³/mol. The van der Waals surface area contributed by atoms with E-state index in [9.17, 15) is 4.79 Å². The van der Waals surface area contributed by atoms with Crippen LogP contribution in [0, 0.1) is 0 Å². The van der Waals surface area contributed by atoms with E-state index >= 15 is 0 Å². The summed E-state index contributed by atoms with van der Waals surface area (Å²) in [5, 5.41) is 3.94. The number of carbonyl (C=O) groups is 1. The van der Waals surface area contributed by atoms with Crippen LogP contribution in [0.25, 0.3) is 6.08 Å². The second kappa shape index (κ2) is 15.0. The number of hydrogen-bond donors (Lipinski definition) is 1. The van der Waals surface area contributed by atoms with Gasteiger partial charge in [0.05, 0.1) is 6.61 Å². The number of unbranched alkanes of at least 4 members (excludes halogenated alkanes) is 7. The van der Waals surface area contributed by atoms with Gasteiger partial charge in [0.15, 0.2) is 0 Å². The van der Waals surface area contributed by atoms with Gasteiger partial charge in [0.25, 0.3) is 5.91 Å². The van der Waals surface area contributed by atoms with Crippen molar-refractivity contribution < 1.29 is 9.53 Å². The van der Waals surface area contributed by atoms with Crippen LogP contribution in [0.1, 0.15) is 74.2 Å². The number of carbonyl (C=O) groups excluding carboxylic acids is 1. The molecule has 160 valence electrons. The van der Waals surface area contributed by atoms with Crippen molar-refractivity contribution >= 4 is 18.2 Å². The summed E-state index contributed by atoms with van der Waals surface area (Å²) in [5.74, 6) is 0.553. The van der Waals surface area contributed by atoms with Gasteiger partial charge in [-0.3, -0.25) is 4.79 Å².